The quantitative estimate of drug-likeness (QED) is 0.681. The van der Waals surface area contributed by atoms with E-state index >= 15 is 0 Å². The number of carbonyl (C=O) groups is 1. The summed E-state index contributed by atoms with van der Waals surface area (Å²) in [6.07, 6.45) is 3.82. The number of aromatic nitrogens is 2. The van der Waals surface area contributed by atoms with E-state index in [0.29, 0.717) is 13.0 Å². The molecule has 0 spiro atoms. The molecule has 1 unspecified atom stereocenters. The predicted octanol–water partition coefficient (Wildman–Crippen LogP) is 3.81. The standard InChI is InChI=1S/C19H19N3O3S/c1-2-25-19(24)11-6-7-14-15(8-11)26-18-16(14)17(20-10-21-18)22-12-4-3-5-13(23)9-12/h3-5,9-11,23H,2,6-8H2,1H3,(H,20,21,22). The average Bonchev–Trinajstić information content (AvgIpc) is 3.00. The number of phenols is 1. The number of aryl methyl sites for hydroxylation is 1. The SMILES string of the molecule is CCOC(=O)C1CCc2c(sc3ncnc(Nc4cccc(O)c4)c23)C1. The van der Waals surface area contributed by atoms with Gasteiger partial charge in [0.25, 0.3) is 0 Å². The molecule has 3 aromatic rings. The van der Waals surface area contributed by atoms with Gasteiger partial charge in [-0.15, -0.1) is 11.3 Å². The lowest BCUT2D eigenvalue weighted by Crippen LogP contribution is -2.23. The van der Waals surface area contributed by atoms with Crippen LogP contribution in [0.4, 0.5) is 11.5 Å². The highest BCUT2D eigenvalue weighted by atomic mass is 32.1. The number of anilines is 2. The van der Waals surface area contributed by atoms with Crippen LogP contribution >= 0.6 is 11.3 Å². The molecule has 0 saturated heterocycles. The summed E-state index contributed by atoms with van der Waals surface area (Å²) < 4.78 is 5.19. The summed E-state index contributed by atoms with van der Waals surface area (Å²) in [4.78, 5) is 23.0. The number of thiophene rings is 1. The third kappa shape index (κ3) is 3.10. The largest absolute Gasteiger partial charge is 0.508 e. The van der Waals surface area contributed by atoms with Crippen LogP contribution in [0, 0.1) is 5.92 Å². The third-order valence-electron chi connectivity index (χ3n) is 4.57. The lowest BCUT2D eigenvalue weighted by atomic mass is 9.88. The van der Waals surface area contributed by atoms with Crippen LogP contribution in [-0.2, 0) is 22.4 Å². The van der Waals surface area contributed by atoms with Gasteiger partial charge in [0.15, 0.2) is 0 Å². The topological polar surface area (TPSA) is 84.3 Å². The second-order valence-electron chi connectivity index (χ2n) is 6.27. The molecule has 2 aromatic heterocycles. The number of carbonyl (C=O) groups excluding carboxylic acids is 1. The summed E-state index contributed by atoms with van der Waals surface area (Å²) in [6.45, 7) is 2.25. The summed E-state index contributed by atoms with van der Waals surface area (Å²) in [5.74, 6) is 0.739. The van der Waals surface area contributed by atoms with Gasteiger partial charge >= 0.3 is 5.97 Å². The molecule has 26 heavy (non-hydrogen) atoms. The molecule has 6 nitrogen and oxygen atoms in total. The van der Waals surface area contributed by atoms with E-state index in [0.717, 1.165) is 34.6 Å². The van der Waals surface area contributed by atoms with Crippen molar-refractivity contribution in [1.82, 2.24) is 9.97 Å². The van der Waals surface area contributed by atoms with Gasteiger partial charge in [-0.1, -0.05) is 6.07 Å². The van der Waals surface area contributed by atoms with E-state index in [-0.39, 0.29) is 17.6 Å². The van der Waals surface area contributed by atoms with Crippen LogP contribution in [-0.4, -0.2) is 27.7 Å². The second-order valence-corrected chi connectivity index (χ2v) is 7.36. The van der Waals surface area contributed by atoms with Crippen molar-refractivity contribution in [2.45, 2.75) is 26.2 Å². The molecule has 0 bridgehead atoms. The van der Waals surface area contributed by atoms with E-state index in [2.05, 4.69) is 15.3 Å². The Balaban J connectivity index is 1.69. The Morgan fingerprint density at radius 2 is 2.31 bits per heavy atom. The second kappa shape index (κ2) is 6.92. The minimum Gasteiger partial charge on any atom is -0.508 e. The zero-order valence-electron chi connectivity index (χ0n) is 14.4. The third-order valence-corrected chi connectivity index (χ3v) is 5.74. The Hall–Kier alpha value is -2.67. The smallest absolute Gasteiger partial charge is 0.309 e. The number of ether oxygens (including phenoxy) is 1. The van der Waals surface area contributed by atoms with Gasteiger partial charge in [0, 0.05) is 16.6 Å². The Bertz CT molecular complexity index is 970. The van der Waals surface area contributed by atoms with Crippen molar-refractivity contribution in [3.63, 3.8) is 0 Å². The lowest BCUT2D eigenvalue weighted by molar-refractivity contribution is -0.148. The molecule has 1 aromatic carbocycles. The Morgan fingerprint density at radius 1 is 1.42 bits per heavy atom. The number of hydrogen-bond acceptors (Lipinski definition) is 7. The van der Waals surface area contributed by atoms with Crippen molar-refractivity contribution in [2.75, 3.05) is 11.9 Å². The molecule has 0 amide bonds. The molecule has 4 rings (SSSR count). The monoisotopic (exact) mass is 369 g/mol. The molecule has 0 fully saturated rings. The molecule has 1 aliphatic rings. The van der Waals surface area contributed by atoms with Gasteiger partial charge < -0.3 is 15.2 Å². The maximum atomic E-state index is 12.1. The number of fused-ring (bicyclic) bond motifs is 3. The van der Waals surface area contributed by atoms with Crippen molar-refractivity contribution >= 4 is 39.0 Å². The number of benzene rings is 1. The Morgan fingerprint density at radius 3 is 3.12 bits per heavy atom. The first kappa shape index (κ1) is 16.8. The van der Waals surface area contributed by atoms with Gasteiger partial charge in [0.2, 0.25) is 0 Å². The van der Waals surface area contributed by atoms with E-state index in [1.807, 2.05) is 13.0 Å². The number of rotatable bonds is 4. The summed E-state index contributed by atoms with van der Waals surface area (Å²) in [7, 11) is 0. The van der Waals surface area contributed by atoms with Crippen molar-refractivity contribution in [2.24, 2.45) is 5.92 Å². The Kier molecular flexibility index (Phi) is 4.46. The molecule has 0 aliphatic heterocycles. The van der Waals surface area contributed by atoms with Gasteiger partial charge in [-0.25, -0.2) is 9.97 Å². The van der Waals surface area contributed by atoms with Crippen LogP contribution < -0.4 is 5.32 Å². The highest BCUT2D eigenvalue weighted by Gasteiger charge is 2.29. The molecule has 0 saturated carbocycles. The van der Waals surface area contributed by atoms with Gasteiger partial charge in [0.1, 0.15) is 22.7 Å². The number of phenolic OH excluding ortho intramolecular Hbond substituents is 1. The maximum absolute atomic E-state index is 12.1. The van der Waals surface area contributed by atoms with Crippen LogP contribution in [0.5, 0.6) is 5.75 Å². The van der Waals surface area contributed by atoms with Crippen LogP contribution in [0.1, 0.15) is 23.8 Å². The minimum absolute atomic E-state index is 0.0778. The van der Waals surface area contributed by atoms with Crippen LogP contribution in [0.15, 0.2) is 30.6 Å². The summed E-state index contributed by atoms with van der Waals surface area (Å²) in [5.41, 5.74) is 1.99. The zero-order valence-corrected chi connectivity index (χ0v) is 15.2. The van der Waals surface area contributed by atoms with Crippen molar-refractivity contribution in [3.05, 3.63) is 41.0 Å². The number of esters is 1. The summed E-state index contributed by atoms with van der Waals surface area (Å²) >= 11 is 1.62. The highest BCUT2D eigenvalue weighted by molar-refractivity contribution is 7.19. The van der Waals surface area contributed by atoms with Gasteiger partial charge in [-0.3, -0.25) is 4.79 Å². The number of nitrogens with zero attached hydrogens (tertiary/aromatic N) is 2. The number of aromatic hydroxyl groups is 1. The van der Waals surface area contributed by atoms with Crippen molar-refractivity contribution in [1.29, 1.82) is 0 Å². The number of hydrogen-bond donors (Lipinski definition) is 2. The van der Waals surface area contributed by atoms with E-state index in [9.17, 15) is 9.90 Å². The van der Waals surface area contributed by atoms with E-state index in [1.165, 1.54) is 16.8 Å². The van der Waals surface area contributed by atoms with Gasteiger partial charge in [-0.2, -0.15) is 0 Å². The molecule has 134 valence electrons. The fourth-order valence-electron chi connectivity index (χ4n) is 3.39. The first-order valence-electron chi connectivity index (χ1n) is 8.63. The molecule has 2 heterocycles. The Labute approximate surface area is 154 Å². The molecule has 2 N–H and O–H groups in total. The molecule has 1 aliphatic carbocycles. The zero-order chi connectivity index (χ0) is 18.1. The number of nitrogens with one attached hydrogen (secondary N) is 1. The fraction of sp³-hybridized carbons (Fsp3) is 0.316. The first-order chi connectivity index (χ1) is 12.7. The molecule has 7 heteroatoms. The van der Waals surface area contributed by atoms with Crippen LogP contribution in [0.2, 0.25) is 0 Å². The van der Waals surface area contributed by atoms with E-state index < -0.39 is 0 Å². The molecular formula is C19H19N3O3S. The van der Waals surface area contributed by atoms with Gasteiger partial charge in [-0.05, 0) is 43.9 Å². The van der Waals surface area contributed by atoms with Crippen LogP contribution in [0.25, 0.3) is 10.2 Å². The first-order valence-corrected chi connectivity index (χ1v) is 9.45. The molecular weight excluding hydrogens is 350 g/mol. The maximum Gasteiger partial charge on any atom is 0.309 e. The van der Waals surface area contributed by atoms with Gasteiger partial charge in [0.05, 0.1) is 17.9 Å². The lowest BCUT2D eigenvalue weighted by Gasteiger charge is -2.20. The average molecular weight is 369 g/mol. The highest BCUT2D eigenvalue weighted by Crippen LogP contribution is 2.40. The fourth-order valence-corrected chi connectivity index (χ4v) is 4.65. The molecule has 0 radical (unpaired) electrons. The minimum atomic E-state index is -0.111. The van der Waals surface area contributed by atoms with Crippen molar-refractivity contribution < 1.29 is 14.6 Å². The normalized spacial score (nSPS) is 16.3. The van der Waals surface area contributed by atoms with E-state index in [4.69, 9.17) is 4.74 Å². The van der Waals surface area contributed by atoms with Crippen LogP contribution in [0.3, 0.4) is 0 Å². The van der Waals surface area contributed by atoms with Crippen molar-refractivity contribution in [3.8, 4) is 5.75 Å². The predicted molar refractivity (Wildman–Crippen MR) is 101 cm³/mol. The summed E-state index contributed by atoms with van der Waals surface area (Å²) in [5, 5.41) is 14.0. The summed E-state index contributed by atoms with van der Waals surface area (Å²) in [6, 6.07) is 6.94. The van der Waals surface area contributed by atoms with E-state index in [1.54, 1.807) is 29.5 Å². The molecule has 1 atom stereocenters.